The van der Waals surface area contributed by atoms with Crippen molar-refractivity contribution in [1.82, 2.24) is 15.2 Å². The molecule has 1 fully saturated rings. The van der Waals surface area contributed by atoms with Gasteiger partial charge in [0.25, 0.3) is 5.91 Å². The number of carbonyl (C=O) groups is 2. The minimum absolute atomic E-state index is 0.0714. The standard InChI is InChI=1S/C18H20N4O3/c1-19-17(23)13-5-4-6-14(11-13)21-18(24)22-10-8-15(12-22)25-16-7-2-3-9-20-16/h2-7,9,11,15H,8,10,12H2,1H3,(H,19,23)(H,21,24). The summed E-state index contributed by atoms with van der Waals surface area (Å²) in [6.07, 6.45) is 2.36. The van der Waals surface area contributed by atoms with Crippen LogP contribution in [0, 0.1) is 0 Å². The Morgan fingerprint density at radius 1 is 1.24 bits per heavy atom. The van der Waals surface area contributed by atoms with E-state index in [-0.39, 0.29) is 18.0 Å². The number of urea groups is 1. The zero-order valence-corrected chi connectivity index (χ0v) is 13.9. The van der Waals surface area contributed by atoms with Gasteiger partial charge in [-0.25, -0.2) is 9.78 Å². The number of amides is 3. The van der Waals surface area contributed by atoms with E-state index in [0.717, 1.165) is 6.42 Å². The second-order valence-electron chi connectivity index (χ2n) is 5.73. The predicted molar refractivity (Wildman–Crippen MR) is 93.7 cm³/mol. The van der Waals surface area contributed by atoms with Crippen LogP contribution < -0.4 is 15.4 Å². The molecule has 1 saturated heterocycles. The Labute approximate surface area is 146 Å². The fourth-order valence-electron chi connectivity index (χ4n) is 2.68. The molecule has 0 bridgehead atoms. The molecule has 0 radical (unpaired) electrons. The highest BCUT2D eigenvalue weighted by atomic mass is 16.5. The molecule has 25 heavy (non-hydrogen) atoms. The summed E-state index contributed by atoms with van der Waals surface area (Å²) in [5, 5.41) is 5.38. The number of nitrogens with one attached hydrogen (secondary N) is 2. The fraction of sp³-hybridized carbons (Fsp3) is 0.278. The van der Waals surface area contributed by atoms with Crippen LogP contribution >= 0.6 is 0 Å². The van der Waals surface area contributed by atoms with Crippen molar-refractivity contribution < 1.29 is 14.3 Å². The van der Waals surface area contributed by atoms with E-state index in [9.17, 15) is 9.59 Å². The van der Waals surface area contributed by atoms with E-state index >= 15 is 0 Å². The highest BCUT2D eigenvalue weighted by Crippen LogP contribution is 2.18. The zero-order chi connectivity index (χ0) is 17.6. The lowest BCUT2D eigenvalue weighted by atomic mass is 10.2. The Bertz CT molecular complexity index is 751. The van der Waals surface area contributed by atoms with Crippen LogP contribution in [0.5, 0.6) is 5.88 Å². The van der Waals surface area contributed by atoms with Gasteiger partial charge in [0.05, 0.1) is 6.54 Å². The van der Waals surface area contributed by atoms with Crippen LogP contribution in [0.25, 0.3) is 0 Å². The first-order valence-electron chi connectivity index (χ1n) is 8.11. The number of rotatable bonds is 4. The third-order valence-corrected chi connectivity index (χ3v) is 3.96. The number of aromatic nitrogens is 1. The fourth-order valence-corrected chi connectivity index (χ4v) is 2.68. The summed E-state index contributed by atoms with van der Waals surface area (Å²) in [5.41, 5.74) is 1.08. The van der Waals surface area contributed by atoms with Crippen LogP contribution in [-0.2, 0) is 0 Å². The average Bonchev–Trinajstić information content (AvgIpc) is 3.11. The number of hydrogen-bond donors (Lipinski definition) is 2. The molecule has 2 N–H and O–H groups in total. The van der Waals surface area contributed by atoms with Gasteiger partial charge in [-0.2, -0.15) is 0 Å². The summed E-state index contributed by atoms with van der Waals surface area (Å²) in [4.78, 5) is 29.9. The Balaban J connectivity index is 1.56. The number of likely N-dealkylation sites (tertiary alicyclic amines) is 1. The van der Waals surface area contributed by atoms with Crippen molar-refractivity contribution in [2.24, 2.45) is 0 Å². The summed E-state index contributed by atoms with van der Waals surface area (Å²) >= 11 is 0. The number of pyridine rings is 1. The molecule has 7 nitrogen and oxygen atoms in total. The zero-order valence-electron chi connectivity index (χ0n) is 13.9. The van der Waals surface area contributed by atoms with Gasteiger partial charge in [-0.3, -0.25) is 4.79 Å². The summed E-state index contributed by atoms with van der Waals surface area (Å²) in [7, 11) is 1.57. The predicted octanol–water partition coefficient (Wildman–Crippen LogP) is 2.13. The molecule has 2 aromatic rings. The van der Waals surface area contributed by atoms with Gasteiger partial charge in [0, 0.05) is 43.5 Å². The van der Waals surface area contributed by atoms with Crippen molar-refractivity contribution in [1.29, 1.82) is 0 Å². The van der Waals surface area contributed by atoms with Gasteiger partial charge in [-0.05, 0) is 24.3 Å². The highest BCUT2D eigenvalue weighted by molar-refractivity contribution is 5.96. The SMILES string of the molecule is CNC(=O)c1cccc(NC(=O)N2CCC(Oc3ccccn3)C2)c1. The van der Waals surface area contributed by atoms with Crippen molar-refractivity contribution in [3.8, 4) is 5.88 Å². The van der Waals surface area contributed by atoms with Crippen molar-refractivity contribution in [3.63, 3.8) is 0 Å². The first-order valence-corrected chi connectivity index (χ1v) is 8.11. The maximum absolute atomic E-state index is 12.4. The van der Waals surface area contributed by atoms with Gasteiger partial charge in [0.15, 0.2) is 0 Å². The van der Waals surface area contributed by atoms with E-state index in [0.29, 0.717) is 30.2 Å². The smallest absolute Gasteiger partial charge is 0.321 e. The molecule has 0 spiro atoms. The highest BCUT2D eigenvalue weighted by Gasteiger charge is 2.28. The second-order valence-corrected chi connectivity index (χ2v) is 5.73. The third-order valence-electron chi connectivity index (χ3n) is 3.96. The molecule has 1 atom stereocenters. The van der Waals surface area contributed by atoms with E-state index in [4.69, 9.17) is 4.74 Å². The number of nitrogens with zero attached hydrogens (tertiary/aromatic N) is 2. The number of anilines is 1. The summed E-state index contributed by atoms with van der Waals surface area (Å²) in [6.45, 7) is 1.11. The average molecular weight is 340 g/mol. The first kappa shape index (κ1) is 16.8. The van der Waals surface area contributed by atoms with Crippen LogP contribution in [0.4, 0.5) is 10.5 Å². The molecular formula is C18H20N4O3. The van der Waals surface area contributed by atoms with Gasteiger partial charge in [0.1, 0.15) is 6.10 Å². The molecule has 2 heterocycles. The Morgan fingerprint density at radius 2 is 2.12 bits per heavy atom. The maximum atomic E-state index is 12.4. The summed E-state index contributed by atoms with van der Waals surface area (Å²) < 4.78 is 5.79. The van der Waals surface area contributed by atoms with E-state index in [2.05, 4.69) is 15.6 Å². The van der Waals surface area contributed by atoms with Crippen LogP contribution in [0.2, 0.25) is 0 Å². The summed E-state index contributed by atoms with van der Waals surface area (Å²) in [6, 6.07) is 12.1. The normalized spacial score (nSPS) is 16.4. The van der Waals surface area contributed by atoms with E-state index in [1.165, 1.54) is 0 Å². The minimum Gasteiger partial charge on any atom is -0.472 e. The Kier molecular flexibility index (Phi) is 5.13. The van der Waals surface area contributed by atoms with Gasteiger partial charge < -0.3 is 20.3 Å². The third kappa shape index (κ3) is 4.26. The number of hydrogen-bond acceptors (Lipinski definition) is 4. The lowest BCUT2D eigenvalue weighted by molar-refractivity contribution is 0.0963. The van der Waals surface area contributed by atoms with Gasteiger partial charge in [-0.15, -0.1) is 0 Å². The van der Waals surface area contributed by atoms with E-state index in [1.807, 2.05) is 12.1 Å². The summed E-state index contributed by atoms with van der Waals surface area (Å²) in [5.74, 6) is 0.370. The first-order chi connectivity index (χ1) is 12.2. The quantitative estimate of drug-likeness (QED) is 0.893. The second kappa shape index (κ2) is 7.65. The van der Waals surface area contributed by atoms with Gasteiger partial charge in [0.2, 0.25) is 5.88 Å². The van der Waals surface area contributed by atoms with Gasteiger partial charge in [-0.1, -0.05) is 12.1 Å². The minimum atomic E-state index is -0.207. The lowest BCUT2D eigenvalue weighted by Gasteiger charge is -2.18. The number of carbonyl (C=O) groups excluding carboxylic acids is 2. The monoisotopic (exact) mass is 340 g/mol. The largest absolute Gasteiger partial charge is 0.472 e. The molecule has 3 amide bonds. The van der Waals surface area contributed by atoms with Crippen molar-refractivity contribution >= 4 is 17.6 Å². The molecule has 1 aromatic carbocycles. The van der Waals surface area contributed by atoms with E-state index in [1.54, 1.807) is 48.5 Å². The molecule has 130 valence electrons. The Hall–Kier alpha value is -3.09. The topological polar surface area (TPSA) is 83.6 Å². The maximum Gasteiger partial charge on any atom is 0.321 e. The van der Waals surface area contributed by atoms with Gasteiger partial charge >= 0.3 is 6.03 Å². The van der Waals surface area contributed by atoms with E-state index < -0.39 is 0 Å². The molecule has 1 aliphatic heterocycles. The van der Waals surface area contributed by atoms with Crippen molar-refractivity contribution in [2.75, 3.05) is 25.5 Å². The van der Waals surface area contributed by atoms with Crippen LogP contribution in [0.15, 0.2) is 48.7 Å². The lowest BCUT2D eigenvalue weighted by Crippen LogP contribution is -2.34. The molecule has 3 rings (SSSR count). The molecule has 1 aliphatic rings. The molecule has 1 aromatic heterocycles. The van der Waals surface area contributed by atoms with Crippen LogP contribution in [0.1, 0.15) is 16.8 Å². The molecule has 1 unspecified atom stereocenters. The molecular weight excluding hydrogens is 320 g/mol. The van der Waals surface area contributed by atoms with Crippen LogP contribution in [-0.4, -0.2) is 48.1 Å². The van der Waals surface area contributed by atoms with Crippen molar-refractivity contribution in [3.05, 3.63) is 54.2 Å². The molecule has 0 saturated carbocycles. The number of benzene rings is 1. The van der Waals surface area contributed by atoms with Crippen LogP contribution in [0.3, 0.4) is 0 Å². The van der Waals surface area contributed by atoms with Crippen molar-refractivity contribution in [2.45, 2.75) is 12.5 Å². The number of ether oxygens (including phenoxy) is 1. The Morgan fingerprint density at radius 3 is 2.88 bits per heavy atom. The molecule has 0 aliphatic carbocycles. The molecule has 7 heteroatoms.